The maximum absolute atomic E-state index is 5.63. The first-order valence-electron chi connectivity index (χ1n) is 10.8. The van der Waals surface area contributed by atoms with Gasteiger partial charge in [0, 0.05) is 6.04 Å². The van der Waals surface area contributed by atoms with Gasteiger partial charge in [-0.3, -0.25) is 0 Å². The van der Waals surface area contributed by atoms with E-state index in [0.29, 0.717) is 6.04 Å². The summed E-state index contributed by atoms with van der Waals surface area (Å²) >= 11 is 2.55. The van der Waals surface area contributed by atoms with Gasteiger partial charge in [0.2, 0.25) is 0 Å². The SMILES string of the molecule is NC1CCCCC1.[Pt]=[c]1n(C2CCCCC2)ccn1C1CCCCC1. The van der Waals surface area contributed by atoms with Crippen molar-refractivity contribution in [1.82, 2.24) is 9.13 Å². The van der Waals surface area contributed by atoms with E-state index in [9.17, 15) is 0 Å². The van der Waals surface area contributed by atoms with Gasteiger partial charge in [0.15, 0.2) is 0 Å². The van der Waals surface area contributed by atoms with Crippen LogP contribution in [0.5, 0.6) is 0 Å². The molecule has 0 bridgehead atoms. The minimum atomic E-state index is 0.536. The number of nitrogens with zero attached hydrogens (tertiary/aromatic N) is 2. The van der Waals surface area contributed by atoms with Crippen LogP contribution in [0.3, 0.4) is 0 Å². The van der Waals surface area contributed by atoms with Gasteiger partial charge in [-0.1, -0.05) is 19.3 Å². The van der Waals surface area contributed by atoms with E-state index < -0.39 is 0 Å². The van der Waals surface area contributed by atoms with Gasteiger partial charge >= 0.3 is 121 Å². The van der Waals surface area contributed by atoms with Crippen LogP contribution in [0.15, 0.2) is 12.4 Å². The van der Waals surface area contributed by atoms with Crippen molar-refractivity contribution in [2.24, 2.45) is 5.73 Å². The molecular weight excluding hydrogens is 489 g/mol. The standard InChI is InChI=1S/C15H24N2.C6H13N.Pt/c1-3-7-14(8-4-1)16-11-12-17(13-16)15-9-5-2-6-10-15;7-6-4-2-1-3-5-6;/h11-12,14-15H,1-10H2;6H,1-5,7H2;. The molecule has 0 spiro atoms. The zero-order chi connectivity index (χ0) is 17.5. The van der Waals surface area contributed by atoms with E-state index in [2.05, 4.69) is 40.9 Å². The van der Waals surface area contributed by atoms with Crippen LogP contribution < -0.4 is 5.73 Å². The Hall–Kier alpha value is -0.142. The molecule has 3 saturated carbocycles. The van der Waals surface area contributed by atoms with Crippen molar-refractivity contribution in [2.75, 3.05) is 0 Å². The van der Waals surface area contributed by atoms with Crippen molar-refractivity contribution in [3.8, 4) is 0 Å². The van der Waals surface area contributed by atoms with Crippen LogP contribution in [-0.4, -0.2) is 15.2 Å². The van der Waals surface area contributed by atoms with Crippen LogP contribution in [0.1, 0.15) is 108 Å². The summed E-state index contributed by atoms with van der Waals surface area (Å²) in [6.07, 6.45) is 25.4. The molecule has 0 aromatic carbocycles. The van der Waals surface area contributed by atoms with Crippen LogP contribution in [0, 0.1) is 3.80 Å². The average molecular weight is 527 g/mol. The van der Waals surface area contributed by atoms with E-state index in [4.69, 9.17) is 5.73 Å². The average Bonchev–Trinajstić information content (AvgIpc) is 3.06. The molecule has 4 rings (SSSR count). The quantitative estimate of drug-likeness (QED) is 0.531. The second-order valence-corrected chi connectivity index (χ2v) is 9.35. The molecule has 0 atom stereocenters. The summed E-state index contributed by atoms with van der Waals surface area (Å²) in [5, 5.41) is 0. The van der Waals surface area contributed by atoms with Crippen LogP contribution in [0.2, 0.25) is 0 Å². The van der Waals surface area contributed by atoms with Crippen molar-refractivity contribution in [3.63, 3.8) is 0 Å². The first-order chi connectivity index (χ1) is 12.3. The van der Waals surface area contributed by atoms with E-state index in [-0.39, 0.29) is 0 Å². The molecule has 3 fully saturated rings. The molecule has 0 saturated heterocycles. The Kier molecular flexibility index (Phi) is 8.05. The Labute approximate surface area is 164 Å². The normalized spacial score (nSPS) is 24.0. The van der Waals surface area contributed by atoms with Crippen LogP contribution in [0.4, 0.5) is 0 Å². The zero-order valence-corrected chi connectivity index (χ0v) is 18.1. The zero-order valence-electron chi connectivity index (χ0n) is 15.8. The summed E-state index contributed by atoms with van der Waals surface area (Å²) in [6.45, 7) is 0. The van der Waals surface area contributed by atoms with Gasteiger partial charge in [-0.25, -0.2) is 0 Å². The Balaban J connectivity index is 0.000000219. The van der Waals surface area contributed by atoms with E-state index >= 15 is 0 Å². The Morgan fingerprint density at radius 1 is 0.640 bits per heavy atom. The van der Waals surface area contributed by atoms with Gasteiger partial charge in [0.1, 0.15) is 0 Å². The molecule has 0 radical (unpaired) electrons. The summed E-state index contributed by atoms with van der Waals surface area (Å²) in [7, 11) is 0. The number of imidazole rings is 1. The fourth-order valence-corrected chi connectivity index (χ4v) is 5.93. The fourth-order valence-electron chi connectivity index (χ4n) is 4.77. The van der Waals surface area contributed by atoms with Crippen molar-refractivity contribution in [1.29, 1.82) is 0 Å². The molecule has 146 valence electrons. The van der Waals surface area contributed by atoms with Crippen LogP contribution in [0.25, 0.3) is 0 Å². The van der Waals surface area contributed by atoms with E-state index in [1.165, 1.54) is 100 Å². The van der Waals surface area contributed by atoms with Crippen molar-refractivity contribution in [3.05, 3.63) is 16.2 Å². The predicted octanol–water partition coefficient (Wildman–Crippen LogP) is 5.66. The Morgan fingerprint density at radius 3 is 1.32 bits per heavy atom. The molecule has 25 heavy (non-hydrogen) atoms. The number of rotatable bonds is 2. The molecule has 0 unspecified atom stereocenters. The number of aromatic nitrogens is 2. The number of hydrogen-bond acceptors (Lipinski definition) is 1. The van der Waals surface area contributed by atoms with E-state index in [0.717, 1.165) is 12.1 Å². The van der Waals surface area contributed by atoms with Gasteiger partial charge in [-0.2, -0.15) is 0 Å². The minimum absolute atomic E-state index is 0.536. The monoisotopic (exact) mass is 526 g/mol. The summed E-state index contributed by atoms with van der Waals surface area (Å²) in [6, 6.07) is 2.08. The number of nitrogens with two attached hydrogens (primary N) is 1. The molecular formula is C21H37N3Pt. The van der Waals surface area contributed by atoms with Gasteiger partial charge in [0.25, 0.3) is 0 Å². The first-order valence-corrected chi connectivity index (χ1v) is 11.9. The fraction of sp³-hybridized carbons (Fsp3) is 0.857. The third-order valence-electron chi connectivity index (χ3n) is 6.37. The van der Waals surface area contributed by atoms with Crippen LogP contribution >= 0.6 is 0 Å². The predicted molar refractivity (Wildman–Crippen MR) is 101 cm³/mol. The third kappa shape index (κ3) is 5.66. The molecule has 3 aliphatic carbocycles. The topological polar surface area (TPSA) is 35.9 Å². The summed E-state index contributed by atoms with van der Waals surface area (Å²) in [5.74, 6) is 0. The van der Waals surface area contributed by atoms with Gasteiger partial charge in [-0.05, 0) is 12.8 Å². The molecule has 1 aromatic rings. The van der Waals surface area contributed by atoms with E-state index in [1.807, 2.05) is 0 Å². The van der Waals surface area contributed by atoms with Crippen LogP contribution in [-0.2, 0) is 19.4 Å². The molecule has 3 aliphatic rings. The Morgan fingerprint density at radius 2 is 1.00 bits per heavy atom. The van der Waals surface area contributed by atoms with Crippen molar-refractivity contribution in [2.45, 2.75) is 114 Å². The number of hydrogen-bond donors (Lipinski definition) is 1. The maximum atomic E-state index is 5.63. The third-order valence-corrected chi connectivity index (χ3v) is 7.54. The Bertz CT molecular complexity index is 505. The summed E-state index contributed by atoms with van der Waals surface area (Å²) in [4.78, 5) is 0. The van der Waals surface area contributed by atoms with Crippen molar-refractivity contribution < 1.29 is 19.4 Å². The van der Waals surface area contributed by atoms with E-state index in [1.54, 1.807) is 0 Å². The molecule has 3 nitrogen and oxygen atoms in total. The summed E-state index contributed by atoms with van der Waals surface area (Å²) in [5.41, 5.74) is 5.63. The second-order valence-electron chi connectivity index (χ2n) is 8.34. The molecule has 2 N–H and O–H groups in total. The van der Waals surface area contributed by atoms with Gasteiger partial charge < -0.3 is 5.73 Å². The molecule has 0 aliphatic heterocycles. The molecule has 1 aromatic heterocycles. The van der Waals surface area contributed by atoms with Crippen molar-refractivity contribution >= 4 is 0 Å². The summed E-state index contributed by atoms with van der Waals surface area (Å²) < 4.78 is 6.57. The first kappa shape index (κ1) is 19.6. The van der Waals surface area contributed by atoms with Gasteiger partial charge in [-0.15, -0.1) is 0 Å². The molecule has 0 amide bonds. The molecule has 4 heteroatoms. The second kappa shape index (κ2) is 10.3. The molecule has 1 heterocycles. The van der Waals surface area contributed by atoms with Gasteiger partial charge in [0.05, 0.1) is 0 Å².